The maximum Gasteiger partial charge on any atom is 0.253 e. The smallest absolute Gasteiger partial charge is 0.253 e. The molecule has 3 heterocycles. The van der Waals surface area contributed by atoms with Gasteiger partial charge in [0.2, 0.25) is 5.95 Å². The lowest BCUT2D eigenvalue weighted by molar-refractivity contribution is 0.343. The number of anilines is 1. The van der Waals surface area contributed by atoms with Crippen molar-refractivity contribution in [3.63, 3.8) is 0 Å². The van der Waals surface area contributed by atoms with Gasteiger partial charge in [0.15, 0.2) is 0 Å². The minimum atomic E-state index is -0.365. The molecule has 0 saturated carbocycles. The van der Waals surface area contributed by atoms with Crippen molar-refractivity contribution in [1.82, 2.24) is 19.5 Å². The highest BCUT2D eigenvalue weighted by Gasteiger charge is 2.17. The third-order valence-corrected chi connectivity index (χ3v) is 5.24. The number of fused-ring (bicyclic) bond motifs is 2. The van der Waals surface area contributed by atoms with Gasteiger partial charge in [0.25, 0.3) is 11.1 Å². The second-order valence-electron chi connectivity index (χ2n) is 8.94. The summed E-state index contributed by atoms with van der Waals surface area (Å²) in [6, 6.07) is 10.0. The zero-order chi connectivity index (χ0) is 22.3. The van der Waals surface area contributed by atoms with Crippen molar-refractivity contribution in [2.75, 3.05) is 5.32 Å². The van der Waals surface area contributed by atoms with E-state index in [0.717, 1.165) is 16.3 Å². The van der Waals surface area contributed by atoms with E-state index in [2.05, 4.69) is 41.0 Å². The van der Waals surface area contributed by atoms with Crippen molar-refractivity contribution in [2.24, 2.45) is 5.41 Å². The van der Waals surface area contributed by atoms with Gasteiger partial charge in [0, 0.05) is 45.7 Å². The van der Waals surface area contributed by atoms with E-state index in [9.17, 15) is 9.59 Å². The molecule has 0 spiro atoms. The van der Waals surface area contributed by atoms with Crippen LogP contribution in [-0.4, -0.2) is 19.5 Å². The molecule has 1 atom stereocenters. The van der Waals surface area contributed by atoms with Crippen LogP contribution in [0.15, 0.2) is 52.2 Å². The number of aromatic amines is 1. The fourth-order valence-corrected chi connectivity index (χ4v) is 3.74. The van der Waals surface area contributed by atoms with E-state index < -0.39 is 0 Å². The fourth-order valence-electron chi connectivity index (χ4n) is 3.56. The summed E-state index contributed by atoms with van der Waals surface area (Å²) < 4.78 is 1.66. The van der Waals surface area contributed by atoms with E-state index in [4.69, 9.17) is 11.6 Å². The highest BCUT2D eigenvalue weighted by molar-refractivity contribution is 6.31. The van der Waals surface area contributed by atoms with Gasteiger partial charge in [0.1, 0.15) is 5.65 Å². The predicted molar refractivity (Wildman–Crippen MR) is 125 cm³/mol. The molecule has 8 heteroatoms. The predicted octanol–water partition coefficient (Wildman–Crippen LogP) is 4.51. The van der Waals surface area contributed by atoms with Crippen LogP contribution in [0.4, 0.5) is 5.95 Å². The Hall–Kier alpha value is -3.19. The third-order valence-electron chi connectivity index (χ3n) is 5.00. The summed E-state index contributed by atoms with van der Waals surface area (Å²) in [7, 11) is 0. The number of halogens is 1. The van der Waals surface area contributed by atoms with Crippen molar-refractivity contribution >= 4 is 39.5 Å². The molecule has 1 unspecified atom stereocenters. The molecule has 0 bridgehead atoms. The van der Waals surface area contributed by atoms with Crippen LogP contribution in [0.5, 0.6) is 0 Å². The van der Waals surface area contributed by atoms with Crippen LogP contribution in [0.2, 0.25) is 5.02 Å². The fraction of sp³-hybridized carbons (Fsp3) is 0.304. The number of nitrogens with one attached hydrogen (secondary N) is 2. The number of hydrogen-bond donors (Lipinski definition) is 2. The number of H-pyrrole nitrogens is 1. The zero-order valence-corrected chi connectivity index (χ0v) is 18.6. The Morgan fingerprint density at radius 1 is 1.13 bits per heavy atom. The zero-order valence-electron chi connectivity index (χ0n) is 17.9. The van der Waals surface area contributed by atoms with Gasteiger partial charge in [-0.2, -0.15) is 4.98 Å². The van der Waals surface area contributed by atoms with E-state index in [-0.39, 0.29) is 22.6 Å². The van der Waals surface area contributed by atoms with Crippen LogP contribution >= 0.6 is 11.6 Å². The lowest BCUT2D eigenvalue weighted by atomic mass is 9.97. The van der Waals surface area contributed by atoms with E-state index in [0.29, 0.717) is 28.7 Å². The van der Waals surface area contributed by atoms with Gasteiger partial charge in [-0.1, -0.05) is 32.4 Å². The third kappa shape index (κ3) is 4.46. The van der Waals surface area contributed by atoms with Gasteiger partial charge in [0.05, 0.1) is 6.04 Å². The molecule has 0 fully saturated rings. The maximum absolute atomic E-state index is 12.6. The lowest BCUT2D eigenvalue weighted by Gasteiger charge is -2.21. The van der Waals surface area contributed by atoms with Crippen LogP contribution in [0.25, 0.3) is 21.9 Å². The van der Waals surface area contributed by atoms with Gasteiger partial charge in [-0.3, -0.25) is 14.2 Å². The van der Waals surface area contributed by atoms with Crippen molar-refractivity contribution in [3.8, 4) is 0 Å². The number of pyridine rings is 2. The normalized spacial score (nSPS) is 12.9. The standard InChI is InChI=1S/C23H24ClN5O2/c1-13(17-10-15-9-16(24)6-7-18(15)27-21(17)31)26-22-25-11-14-5-8-19(30)29(20(14)28-22)12-23(2,3)4/h5-11,13H,12H2,1-4H3,(H,27,31)(H,25,26,28). The number of aromatic nitrogens is 4. The summed E-state index contributed by atoms with van der Waals surface area (Å²) in [5, 5.41) is 5.41. The quantitative estimate of drug-likeness (QED) is 0.490. The largest absolute Gasteiger partial charge is 0.347 e. The van der Waals surface area contributed by atoms with Crippen LogP contribution in [0.1, 0.15) is 39.3 Å². The average Bonchev–Trinajstić information content (AvgIpc) is 2.69. The topological polar surface area (TPSA) is 92.7 Å². The molecule has 7 nitrogen and oxygen atoms in total. The molecule has 0 aliphatic heterocycles. The SMILES string of the molecule is CC(Nc1ncc2ccc(=O)n(CC(C)(C)C)c2n1)c1cc2cc(Cl)ccc2[nH]c1=O. The number of rotatable bonds is 4. The van der Waals surface area contributed by atoms with Crippen LogP contribution in [0, 0.1) is 5.41 Å². The van der Waals surface area contributed by atoms with Crippen LogP contribution in [0.3, 0.4) is 0 Å². The Kier molecular flexibility index (Phi) is 5.31. The molecule has 0 amide bonds. The Morgan fingerprint density at radius 3 is 2.65 bits per heavy atom. The Labute approximate surface area is 184 Å². The highest BCUT2D eigenvalue weighted by Crippen LogP contribution is 2.22. The van der Waals surface area contributed by atoms with E-state index in [1.54, 1.807) is 35.0 Å². The molecule has 0 saturated heterocycles. The molecule has 2 N–H and O–H groups in total. The first kappa shape index (κ1) is 21.1. The number of nitrogens with zero attached hydrogens (tertiary/aromatic N) is 3. The molecule has 160 valence electrons. The molecule has 31 heavy (non-hydrogen) atoms. The minimum absolute atomic E-state index is 0.0936. The Balaban J connectivity index is 1.72. The van der Waals surface area contributed by atoms with Crippen molar-refractivity contribution in [1.29, 1.82) is 0 Å². The van der Waals surface area contributed by atoms with Crippen molar-refractivity contribution in [2.45, 2.75) is 40.3 Å². The molecule has 0 aliphatic carbocycles. The maximum atomic E-state index is 12.6. The second kappa shape index (κ2) is 7.81. The van der Waals surface area contributed by atoms with Crippen LogP contribution < -0.4 is 16.4 Å². The molecule has 0 radical (unpaired) electrons. The minimum Gasteiger partial charge on any atom is -0.347 e. The molecular weight excluding hydrogens is 414 g/mol. The summed E-state index contributed by atoms with van der Waals surface area (Å²) in [6.07, 6.45) is 1.68. The lowest BCUT2D eigenvalue weighted by Crippen LogP contribution is -2.27. The molecule has 3 aromatic heterocycles. The van der Waals surface area contributed by atoms with E-state index in [1.807, 2.05) is 13.0 Å². The first-order chi connectivity index (χ1) is 14.6. The summed E-state index contributed by atoms with van der Waals surface area (Å²) in [4.78, 5) is 36.9. The van der Waals surface area contributed by atoms with E-state index in [1.165, 1.54) is 6.07 Å². The molecule has 4 aromatic rings. The molecule has 0 aliphatic rings. The van der Waals surface area contributed by atoms with Crippen LogP contribution in [-0.2, 0) is 6.54 Å². The van der Waals surface area contributed by atoms with Crippen molar-refractivity contribution < 1.29 is 0 Å². The first-order valence-electron chi connectivity index (χ1n) is 10.1. The highest BCUT2D eigenvalue weighted by atomic mass is 35.5. The number of hydrogen-bond acceptors (Lipinski definition) is 5. The van der Waals surface area contributed by atoms with E-state index >= 15 is 0 Å². The monoisotopic (exact) mass is 437 g/mol. The van der Waals surface area contributed by atoms with Gasteiger partial charge < -0.3 is 10.3 Å². The van der Waals surface area contributed by atoms with Gasteiger partial charge in [-0.25, -0.2) is 4.98 Å². The summed E-state index contributed by atoms with van der Waals surface area (Å²) >= 11 is 6.09. The summed E-state index contributed by atoms with van der Waals surface area (Å²) in [6.45, 7) is 8.60. The Bertz CT molecular complexity index is 1400. The van der Waals surface area contributed by atoms with Crippen molar-refractivity contribution in [3.05, 3.63) is 73.9 Å². The van der Waals surface area contributed by atoms with Gasteiger partial charge in [-0.15, -0.1) is 0 Å². The molecular formula is C23H24ClN5O2. The second-order valence-corrected chi connectivity index (χ2v) is 9.38. The molecule has 1 aromatic carbocycles. The Morgan fingerprint density at radius 2 is 1.90 bits per heavy atom. The molecule has 4 rings (SSSR count). The summed E-state index contributed by atoms with van der Waals surface area (Å²) in [5.41, 5.74) is 1.43. The first-order valence-corrected chi connectivity index (χ1v) is 10.4. The van der Waals surface area contributed by atoms with Gasteiger partial charge in [-0.05, 0) is 42.7 Å². The summed E-state index contributed by atoms with van der Waals surface area (Å²) in [5.74, 6) is 0.346. The van der Waals surface area contributed by atoms with Gasteiger partial charge >= 0.3 is 0 Å². The number of benzene rings is 1. The average molecular weight is 438 g/mol.